The summed E-state index contributed by atoms with van der Waals surface area (Å²) in [5.41, 5.74) is 1.20. The van der Waals surface area contributed by atoms with Crippen LogP contribution in [0.5, 0.6) is 11.5 Å². The largest absolute Gasteiger partial charge is 0.429 e. The Morgan fingerprint density at radius 1 is 0.412 bits per heavy atom. The standard InChI is InChI=1S/C28H35F5O.C27H33F5O.CH4/c1-2-3-4-5-6-7-8-9-20-10-12-21(13-11-20)22-14-16-23(17-15-22)28(32,33)34-24-18-25(29)27(31)26(30)19-24;1-2-3-4-5-6-7-8-19-9-11-20(12-10-19)21-13-15-22(16-14-21)27(31,32)33-23-17-24(28)26(30)25(29)18-23;/h14-21H,2-13H2,1H3;13-20H,2-12H2,1H3;1H4. The topological polar surface area (TPSA) is 18.5 Å². The molecule has 0 N–H and O–H groups in total. The van der Waals surface area contributed by atoms with E-state index in [-0.39, 0.29) is 7.43 Å². The minimum absolute atomic E-state index is 0. The zero-order valence-corrected chi connectivity index (χ0v) is 39.1. The van der Waals surface area contributed by atoms with E-state index in [0.29, 0.717) is 36.1 Å². The monoisotopic (exact) mass is 967 g/mol. The second-order valence-electron chi connectivity index (χ2n) is 18.8. The summed E-state index contributed by atoms with van der Waals surface area (Å²) in [5.74, 6) is -9.08. The van der Waals surface area contributed by atoms with Crippen LogP contribution in [-0.2, 0) is 12.2 Å². The molecule has 2 saturated carbocycles. The van der Waals surface area contributed by atoms with Gasteiger partial charge < -0.3 is 9.47 Å². The summed E-state index contributed by atoms with van der Waals surface area (Å²) in [6, 6.07) is 13.5. The second-order valence-corrected chi connectivity index (χ2v) is 18.8. The number of ether oxygens (including phenoxy) is 2. The molecular weight excluding hydrogens is 895 g/mol. The Hall–Kier alpha value is -4.22. The molecule has 0 atom stereocenters. The first kappa shape index (κ1) is 56.4. The van der Waals surface area contributed by atoms with Gasteiger partial charge in [0.25, 0.3) is 0 Å². The highest BCUT2D eigenvalue weighted by molar-refractivity contribution is 5.32. The maximum atomic E-state index is 14.5. The number of alkyl halides is 4. The summed E-state index contributed by atoms with van der Waals surface area (Å²) >= 11 is 0. The minimum Gasteiger partial charge on any atom is -0.429 e. The predicted molar refractivity (Wildman–Crippen MR) is 251 cm³/mol. The molecule has 4 aromatic carbocycles. The maximum Gasteiger partial charge on any atom is 0.426 e. The lowest BCUT2D eigenvalue weighted by Gasteiger charge is -2.29. The number of hydrogen-bond acceptors (Lipinski definition) is 2. The molecule has 0 unspecified atom stereocenters. The average molecular weight is 967 g/mol. The van der Waals surface area contributed by atoms with Crippen molar-refractivity contribution in [1.29, 1.82) is 0 Å². The minimum atomic E-state index is -3.80. The van der Waals surface area contributed by atoms with Crippen molar-refractivity contribution in [3.63, 3.8) is 0 Å². The summed E-state index contributed by atoms with van der Waals surface area (Å²) in [7, 11) is 0. The Morgan fingerprint density at radius 2 is 0.691 bits per heavy atom. The van der Waals surface area contributed by atoms with Crippen LogP contribution in [0.1, 0.15) is 203 Å². The quantitative estimate of drug-likeness (QED) is 0.0419. The van der Waals surface area contributed by atoms with Gasteiger partial charge in [0.05, 0.1) is 11.1 Å². The number of hydrogen-bond donors (Lipinski definition) is 0. The van der Waals surface area contributed by atoms with E-state index >= 15 is 0 Å². The molecule has 2 aliphatic rings. The predicted octanol–water partition coefficient (Wildman–Crippen LogP) is 19.5. The van der Waals surface area contributed by atoms with Crippen molar-refractivity contribution >= 4 is 0 Å². The van der Waals surface area contributed by atoms with Crippen molar-refractivity contribution in [2.24, 2.45) is 11.8 Å². The molecular formula is C56H72F10O2. The van der Waals surface area contributed by atoms with Crippen molar-refractivity contribution in [3.8, 4) is 11.5 Å². The lowest BCUT2D eigenvalue weighted by Crippen LogP contribution is -2.22. The molecule has 378 valence electrons. The van der Waals surface area contributed by atoms with Gasteiger partial charge >= 0.3 is 12.2 Å². The van der Waals surface area contributed by atoms with Crippen molar-refractivity contribution in [2.45, 2.75) is 193 Å². The molecule has 4 aromatic rings. The van der Waals surface area contributed by atoms with Crippen LogP contribution >= 0.6 is 0 Å². The van der Waals surface area contributed by atoms with Crippen LogP contribution in [0.3, 0.4) is 0 Å². The third kappa shape index (κ3) is 17.3. The van der Waals surface area contributed by atoms with Crippen LogP contribution < -0.4 is 9.47 Å². The van der Waals surface area contributed by atoms with E-state index in [1.165, 1.54) is 146 Å². The summed E-state index contributed by atoms with van der Waals surface area (Å²) in [5, 5.41) is 0. The van der Waals surface area contributed by atoms with Crippen LogP contribution in [0.15, 0.2) is 72.8 Å². The lowest BCUT2D eigenvalue weighted by atomic mass is 9.77. The summed E-state index contributed by atoms with van der Waals surface area (Å²) < 4.78 is 146. The van der Waals surface area contributed by atoms with Gasteiger partial charge in [0.2, 0.25) is 0 Å². The number of rotatable bonds is 23. The molecule has 2 fully saturated rings. The van der Waals surface area contributed by atoms with E-state index < -0.39 is 69.7 Å². The van der Waals surface area contributed by atoms with Crippen molar-refractivity contribution in [3.05, 3.63) is 130 Å². The number of benzene rings is 4. The fourth-order valence-corrected chi connectivity index (χ4v) is 9.67. The van der Waals surface area contributed by atoms with Crippen LogP contribution in [0.4, 0.5) is 43.9 Å². The molecule has 0 aliphatic heterocycles. The van der Waals surface area contributed by atoms with E-state index in [1.54, 1.807) is 24.3 Å². The molecule has 0 heterocycles. The third-order valence-electron chi connectivity index (χ3n) is 13.7. The van der Waals surface area contributed by atoms with Gasteiger partial charge in [0, 0.05) is 24.3 Å². The molecule has 12 heteroatoms. The summed E-state index contributed by atoms with van der Waals surface area (Å²) in [6.45, 7) is 4.46. The molecule has 6 rings (SSSR count). The first-order chi connectivity index (χ1) is 32.1. The molecule has 0 radical (unpaired) electrons. The first-order valence-corrected chi connectivity index (χ1v) is 24.7. The van der Waals surface area contributed by atoms with Crippen LogP contribution in [0.25, 0.3) is 0 Å². The van der Waals surface area contributed by atoms with Crippen LogP contribution in [-0.4, -0.2) is 0 Å². The molecule has 0 saturated heterocycles. The molecule has 0 aromatic heterocycles. The SMILES string of the molecule is C.CCCCCCCCC1CCC(c2ccc(C(F)(F)Oc3cc(F)c(F)c(F)c3)cc2)CC1.CCCCCCCCCC1CCC(c2ccc(C(F)(F)Oc3cc(F)c(F)c(F)c3)cc2)CC1. The molecule has 0 spiro atoms. The zero-order chi connectivity index (χ0) is 48.4. The van der Waals surface area contributed by atoms with Gasteiger partial charge in [-0.3, -0.25) is 0 Å². The second kappa shape index (κ2) is 27.8. The fraction of sp³-hybridized carbons (Fsp3) is 0.571. The van der Waals surface area contributed by atoms with Gasteiger partial charge in [-0.25, -0.2) is 26.3 Å². The highest BCUT2D eigenvalue weighted by Crippen LogP contribution is 2.41. The van der Waals surface area contributed by atoms with Gasteiger partial charge in [-0.05, 0) is 110 Å². The smallest absolute Gasteiger partial charge is 0.426 e. The van der Waals surface area contributed by atoms with E-state index in [9.17, 15) is 43.9 Å². The molecule has 2 aliphatic carbocycles. The van der Waals surface area contributed by atoms with Crippen molar-refractivity contribution in [1.82, 2.24) is 0 Å². The van der Waals surface area contributed by atoms with E-state index in [0.717, 1.165) is 48.6 Å². The van der Waals surface area contributed by atoms with Gasteiger partial charge in [0.15, 0.2) is 34.9 Å². The van der Waals surface area contributed by atoms with E-state index in [2.05, 4.69) is 23.3 Å². The number of unbranched alkanes of at least 4 members (excludes halogenated alkanes) is 11. The van der Waals surface area contributed by atoms with Gasteiger partial charge in [-0.15, -0.1) is 0 Å². The summed E-state index contributed by atoms with van der Waals surface area (Å²) in [6.07, 6.45) is 21.0. The highest BCUT2D eigenvalue weighted by atomic mass is 19.3. The maximum absolute atomic E-state index is 14.5. The fourth-order valence-electron chi connectivity index (χ4n) is 9.67. The molecule has 68 heavy (non-hydrogen) atoms. The summed E-state index contributed by atoms with van der Waals surface area (Å²) in [4.78, 5) is 0. The Bertz CT molecular complexity index is 2010. The molecule has 2 nitrogen and oxygen atoms in total. The van der Waals surface area contributed by atoms with Crippen molar-refractivity contribution in [2.75, 3.05) is 0 Å². The molecule has 0 amide bonds. The normalized spacial score (nSPS) is 18.6. The van der Waals surface area contributed by atoms with Crippen molar-refractivity contribution < 1.29 is 53.4 Å². The Labute approximate surface area is 398 Å². The Morgan fingerprint density at radius 3 is 0.985 bits per heavy atom. The average Bonchev–Trinajstić information content (AvgIpc) is 3.31. The van der Waals surface area contributed by atoms with E-state index in [4.69, 9.17) is 0 Å². The van der Waals surface area contributed by atoms with Crippen LogP contribution in [0, 0.1) is 46.7 Å². The first-order valence-electron chi connectivity index (χ1n) is 24.7. The van der Waals surface area contributed by atoms with Gasteiger partial charge in [-0.1, -0.05) is 142 Å². The Balaban J connectivity index is 0.000000292. The molecule has 0 bridgehead atoms. The zero-order valence-electron chi connectivity index (χ0n) is 39.1. The lowest BCUT2D eigenvalue weighted by molar-refractivity contribution is -0.186. The van der Waals surface area contributed by atoms with Gasteiger partial charge in [-0.2, -0.15) is 17.6 Å². The Kier molecular flexibility index (Phi) is 23.1. The van der Waals surface area contributed by atoms with E-state index in [1.807, 2.05) is 0 Å². The number of halogens is 10. The van der Waals surface area contributed by atoms with Crippen LogP contribution in [0.2, 0.25) is 0 Å². The third-order valence-corrected chi connectivity index (χ3v) is 13.7. The van der Waals surface area contributed by atoms with Gasteiger partial charge in [0.1, 0.15) is 11.5 Å². The highest BCUT2D eigenvalue weighted by Gasteiger charge is 2.37.